The number of rotatable bonds is 4. The number of aromatic nitrogens is 6. The summed E-state index contributed by atoms with van der Waals surface area (Å²) >= 11 is 0. The van der Waals surface area contributed by atoms with E-state index in [2.05, 4.69) is 57.5 Å². The second kappa shape index (κ2) is 23.7. The predicted molar refractivity (Wildman–Crippen MR) is 237 cm³/mol. The zero-order valence-corrected chi connectivity index (χ0v) is 35.1. The molecule has 1 aliphatic heterocycles. The Hall–Kier alpha value is -7.16. The first-order valence-electron chi connectivity index (χ1n) is 20.8. The van der Waals surface area contributed by atoms with E-state index in [0.717, 1.165) is 33.8 Å². The molecule has 0 amide bonds. The maximum atomic E-state index is 6.27. The zero-order chi connectivity index (χ0) is 43.3. The lowest BCUT2D eigenvalue weighted by Crippen LogP contribution is -2.16. The molecule has 0 spiro atoms. The summed E-state index contributed by atoms with van der Waals surface area (Å²) in [6.45, 7) is 10.9. The van der Waals surface area contributed by atoms with Crippen LogP contribution in [0.2, 0.25) is 0 Å². The number of hydrogen-bond acceptors (Lipinski definition) is 11. The molecule has 4 aromatic carbocycles. The number of benzene rings is 4. The van der Waals surface area contributed by atoms with Crippen molar-refractivity contribution < 1.29 is 33.2 Å². The van der Waals surface area contributed by atoms with Gasteiger partial charge in [0.25, 0.3) is 0 Å². The summed E-state index contributed by atoms with van der Waals surface area (Å²) in [5, 5.41) is 17.8. The number of hydrogen-bond donors (Lipinski definition) is 0. The van der Waals surface area contributed by atoms with Gasteiger partial charge < -0.3 is 33.2 Å². The molecule has 2 aromatic heterocycles. The standard InChI is InChI=1S/C50H50N6O7/c1-3-17-45-43-21-9-13-25-49(43)60-31-29-57-30-32-61-50-26-14-10-22-44(50)46(18-4-2)56-34-42(52-54-56)38-63-48-24-12-8-20-40(48)36-59-28-16-6-5-15-27-58-35-39-19-7-11-23-47(39)62-37-41-33-55(45)53-51-41/h3-4,7-14,19-26,33-34,45-46H,1-2,17-18,27-32,35-38H2. The first-order valence-corrected chi connectivity index (χ1v) is 20.8. The zero-order valence-electron chi connectivity index (χ0n) is 35.1. The van der Waals surface area contributed by atoms with E-state index >= 15 is 0 Å². The molecule has 4 bridgehead atoms. The van der Waals surface area contributed by atoms with Gasteiger partial charge >= 0.3 is 0 Å². The number of allylic oxidation sites excluding steroid dienone is 2. The molecule has 13 nitrogen and oxygen atoms in total. The van der Waals surface area contributed by atoms with E-state index in [1.807, 2.05) is 131 Å². The molecule has 0 saturated heterocycles. The fourth-order valence-electron chi connectivity index (χ4n) is 6.85. The van der Waals surface area contributed by atoms with E-state index in [-0.39, 0.29) is 38.5 Å². The monoisotopic (exact) mass is 846 g/mol. The summed E-state index contributed by atoms with van der Waals surface area (Å²) in [6.07, 6.45) is 8.72. The molecule has 0 radical (unpaired) electrons. The van der Waals surface area contributed by atoms with Crippen LogP contribution >= 0.6 is 0 Å². The number of ether oxygens (including phenoxy) is 7. The minimum atomic E-state index is -0.200. The molecule has 2 unspecified atom stereocenters. The van der Waals surface area contributed by atoms with Crippen molar-refractivity contribution in [3.8, 4) is 46.7 Å². The van der Waals surface area contributed by atoms with Crippen molar-refractivity contribution in [1.29, 1.82) is 0 Å². The number of nitrogens with zero attached hydrogens (tertiary/aromatic N) is 6. The molecule has 13 heteroatoms. The Labute approximate surface area is 368 Å². The second-order valence-corrected chi connectivity index (χ2v) is 14.2. The van der Waals surface area contributed by atoms with Gasteiger partial charge in [-0.3, -0.25) is 0 Å². The van der Waals surface area contributed by atoms with Crippen LogP contribution in [-0.2, 0) is 40.6 Å². The van der Waals surface area contributed by atoms with Crippen LogP contribution in [-0.4, -0.2) is 69.6 Å². The van der Waals surface area contributed by atoms with Gasteiger partial charge in [0.2, 0.25) is 0 Å². The lowest BCUT2D eigenvalue weighted by atomic mass is 10.0. The lowest BCUT2D eigenvalue weighted by Gasteiger charge is -2.20. The van der Waals surface area contributed by atoms with Crippen LogP contribution in [0.5, 0.6) is 23.0 Å². The Balaban J connectivity index is 1.05. The summed E-state index contributed by atoms with van der Waals surface area (Å²) in [4.78, 5) is 0. The van der Waals surface area contributed by atoms with Gasteiger partial charge in [0.15, 0.2) is 0 Å². The van der Waals surface area contributed by atoms with Crippen molar-refractivity contribution >= 4 is 0 Å². The van der Waals surface area contributed by atoms with E-state index in [4.69, 9.17) is 33.2 Å². The number of para-hydroxylation sites is 4. The minimum Gasteiger partial charge on any atom is -0.491 e. The predicted octanol–water partition coefficient (Wildman–Crippen LogP) is 7.89. The van der Waals surface area contributed by atoms with Crippen molar-refractivity contribution in [2.24, 2.45) is 0 Å². The molecule has 7 rings (SSSR count). The van der Waals surface area contributed by atoms with Crippen LogP contribution in [0.1, 0.15) is 58.6 Å². The van der Waals surface area contributed by atoms with Crippen molar-refractivity contribution in [1.82, 2.24) is 30.0 Å². The first kappa shape index (κ1) is 43.9. The van der Waals surface area contributed by atoms with E-state index in [0.29, 0.717) is 75.4 Å². The smallest absolute Gasteiger partial charge is 0.134 e. The molecule has 2 atom stereocenters. The average Bonchev–Trinajstić information content (AvgIpc) is 4.00. The third kappa shape index (κ3) is 12.7. The highest BCUT2D eigenvalue weighted by Gasteiger charge is 2.21. The Morgan fingerprint density at radius 2 is 0.937 bits per heavy atom. The molecule has 0 saturated carbocycles. The van der Waals surface area contributed by atoms with Crippen molar-refractivity contribution in [3.63, 3.8) is 0 Å². The van der Waals surface area contributed by atoms with E-state index in [1.54, 1.807) is 0 Å². The van der Waals surface area contributed by atoms with Gasteiger partial charge in [-0.15, -0.1) is 23.4 Å². The van der Waals surface area contributed by atoms with Crippen LogP contribution < -0.4 is 18.9 Å². The maximum absolute atomic E-state index is 6.27. The Morgan fingerprint density at radius 1 is 0.508 bits per heavy atom. The average molecular weight is 847 g/mol. The second-order valence-electron chi connectivity index (χ2n) is 14.2. The molecule has 3 heterocycles. The SMILES string of the molecule is C=CCC1c2ccccc2OCCOCCOc2ccccc2C(CC=C)n2cc(nn2)COc2ccccc2COCC#CC#CCOCc2ccccc2OCc2cn1nn2. The quantitative estimate of drug-likeness (QED) is 0.127. The highest BCUT2D eigenvalue weighted by Crippen LogP contribution is 2.32. The Bertz CT molecular complexity index is 2360. The minimum absolute atomic E-state index is 0.200. The summed E-state index contributed by atoms with van der Waals surface area (Å²) in [5.41, 5.74) is 5.01. The summed E-state index contributed by atoms with van der Waals surface area (Å²) in [7, 11) is 0. The summed E-state index contributed by atoms with van der Waals surface area (Å²) < 4.78 is 46.2. The van der Waals surface area contributed by atoms with Crippen LogP contribution in [0.25, 0.3) is 0 Å². The normalized spacial score (nSPS) is 16.8. The van der Waals surface area contributed by atoms with Gasteiger partial charge in [0.05, 0.1) is 50.9 Å². The fourth-order valence-corrected chi connectivity index (χ4v) is 6.85. The number of fused-ring (bicyclic) bond motifs is 8. The van der Waals surface area contributed by atoms with Gasteiger partial charge in [0.1, 0.15) is 74.0 Å². The molecular weight excluding hydrogens is 797 g/mol. The summed E-state index contributed by atoms with van der Waals surface area (Å²) in [6, 6.07) is 30.8. The fraction of sp³-hybridized carbons (Fsp3) is 0.280. The van der Waals surface area contributed by atoms with E-state index < -0.39 is 0 Å². The third-order valence-electron chi connectivity index (χ3n) is 9.86. The topological polar surface area (TPSA) is 126 Å². The molecule has 6 aromatic rings. The van der Waals surface area contributed by atoms with Crippen LogP contribution in [0.4, 0.5) is 0 Å². The maximum Gasteiger partial charge on any atom is 0.134 e. The molecule has 63 heavy (non-hydrogen) atoms. The van der Waals surface area contributed by atoms with Crippen LogP contribution in [0.3, 0.4) is 0 Å². The Kier molecular flexibility index (Phi) is 16.5. The van der Waals surface area contributed by atoms with Gasteiger partial charge in [-0.25, -0.2) is 9.36 Å². The van der Waals surface area contributed by atoms with E-state index in [9.17, 15) is 0 Å². The third-order valence-corrected chi connectivity index (χ3v) is 9.86. The molecule has 1 aliphatic rings. The molecular formula is C50H50N6O7. The van der Waals surface area contributed by atoms with Crippen LogP contribution in [0.15, 0.2) is 135 Å². The molecule has 0 N–H and O–H groups in total. The summed E-state index contributed by atoms with van der Waals surface area (Å²) in [5.74, 6) is 14.4. The highest BCUT2D eigenvalue weighted by molar-refractivity contribution is 5.38. The molecule has 0 aliphatic carbocycles. The van der Waals surface area contributed by atoms with Crippen LogP contribution in [0, 0.1) is 23.7 Å². The van der Waals surface area contributed by atoms with Gasteiger partial charge in [-0.05, 0) is 48.9 Å². The Morgan fingerprint density at radius 3 is 1.40 bits per heavy atom. The molecule has 322 valence electrons. The largest absolute Gasteiger partial charge is 0.491 e. The van der Waals surface area contributed by atoms with Crippen molar-refractivity contribution in [2.45, 2.75) is 51.4 Å². The van der Waals surface area contributed by atoms with Crippen molar-refractivity contribution in [3.05, 3.63) is 168 Å². The first-order chi connectivity index (χ1) is 31.2. The van der Waals surface area contributed by atoms with Crippen molar-refractivity contribution in [2.75, 3.05) is 39.6 Å². The van der Waals surface area contributed by atoms with E-state index in [1.165, 1.54) is 0 Å². The highest BCUT2D eigenvalue weighted by atomic mass is 16.5. The lowest BCUT2D eigenvalue weighted by molar-refractivity contribution is 0.0756. The van der Waals surface area contributed by atoms with Gasteiger partial charge in [0, 0.05) is 22.3 Å². The van der Waals surface area contributed by atoms with Gasteiger partial charge in [-0.1, -0.05) is 107 Å². The van der Waals surface area contributed by atoms with Gasteiger partial charge in [-0.2, -0.15) is 0 Å². The molecule has 0 fully saturated rings.